The molecule has 0 bridgehead atoms. The van der Waals surface area contributed by atoms with E-state index in [0.29, 0.717) is 12.3 Å². The number of nitrogens with one attached hydrogen (secondary N) is 1. The second kappa shape index (κ2) is 11.2. The molecule has 1 N–H and O–H groups in total. The maximum absolute atomic E-state index is 13.1. The Morgan fingerprint density at radius 1 is 1.07 bits per heavy atom. The van der Waals surface area contributed by atoms with Crippen LogP contribution in [-0.4, -0.2) is 35.4 Å². The third-order valence-electron chi connectivity index (χ3n) is 5.28. The van der Waals surface area contributed by atoms with Crippen molar-refractivity contribution in [3.63, 3.8) is 0 Å². The summed E-state index contributed by atoms with van der Waals surface area (Å²) in [6, 6.07) is 12.9. The molecule has 2 aromatic carbocycles. The van der Waals surface area contributed by atoms with E-state index in [0.717, 1.165) is 22.0 Å². The number of carbonyl (C=O) groups is 2. The van der Waals surface area contributed by atoms with E-state index in [-0.39, 0.29) is 24.5 Å². The fraction of sp³-hybridized carbons (Fsp3) is 0.417. The standard InChI is InChI=1S/C24H31BrN2O3/c1-6-18(4)26-24(29)19(5)27(14-20-8-10-21(25)11-9-20)23(28)15-30-22-12-7-16(2)17(3)13-22/h7-13,18-19H,6,14-15H2,1-5H3,(H,26,29)/t18-,19-/m1/s1. The van der Waals surface area contributed by atoms with Gasteiger partial charge >= 0.3 is 0 Å². The molecule has 0 heterocycles. The van der Waals surface area contributed by atoms with Gasteiger partial charge in [-0.25, -0.2) is 0 Å². The van der Waals surface area contributed by atoms with E-state index in [1.165, 1.54) is 5.56 Å². The first kappa shape index (κ1) is 23.9. The predicted molar refractivity (Wildman–Crippen MR) is 123 cm³/mol. The van der Waals surface area contributed by atoms with Crippen molar-refractivity contribution < 1.29 is 14.3 Å². The summed E-state index contributed by atoms with van der Waals surface area (Å²) in [6.45, 7) is 9.96. The van der Waals surface area contributed by atoms with Crippen LogP contribution in [0.4, 0.5) is 0 Å². The van der Waals surface area contributed by atoms with Gasteiger partial charge in [-0.3, -0.25) is 9.59 Å². The van der Waals surface area contributed by atoms with E-state index in [9.17, 15) is 9.59 Å². The van der Waals surface area contributed by atoms with Crippen molar-refractivity contribution in [3.8, 4) is 5.75 Å². The minimum absolute atomic E-state index is 0.0522. The summed E-state index contributed by atoms with van der Waals surface area (Å²) >= 11 is 3.42. The lowest BCUT2D eigenvalue weighted by Crippen LogP contribution is -2.50. The fourth-order valence-corrected chi connectivity index (χ4v) is 3.13. The Hall–Kier alpha value is -2.34. The van der Waals surface area contributed by atoms with E-state index in [1.807, 2.05) is 70.2 Å². The highest BCUT2D eigenvalue weighted by Crippen LogP contribution is 2.18. The van der Waals surface area contributed by atoms with Gasteiger partial charge in [0.25, 0.3) is 5.91 Å². The van der Waals surface area contributed by atoms with E-state index in [4.69, 9.17) is 4.74 Å². The predicted octanol–water partition coefficient (Wildman–Crippen LogP) is 4.78. The van der Waals surface area contributed by atoms with Gasteiger partial charge in [0.1, 0.15) is 11.8 Å². The van der Waals surface area contributed by atoms with Crippen molar-refractivity contribution in [2.24, 2.45) is 0 Å². The van der Waals surface area contributed by atoms with Crippen LogP contribution in [-0.2, 0) is 16.1 Å². The van der Waals surface area contributed by atoms with E-state index < -0.39 is 6.04 Å². The molecule has 2 rings (SSSR count). The number of hydrogen-bond donors (Lipinski definition) is 1. The number of nitrogens with zero attached hydrogens (tertiary/aromatic N) is 1. The summed E-state index contributed by atoms with van der Waals surface area (Å²) in [5.41, 5.74) is 3.22. The molecule has 0 fully saturated rings. The molecule has 0 aromatic heterocycles. The number of rotatable bonds is 9. The summed E-state index contributed by atoms with van der Waals surface area (Å²) < 4.78 is 6.71. The minimum Gasteiger partial charge on any atom is -0.484 e. The fourth-order valence-electron chi connectivity index (χ4n) is 2.87. The number of halogens is 1. The van der Waals surface area contributed by atoms with Crippen molar-refractivity contribution >= 4 is 27.7 Å². The van der Waals surface area contributed by atoms with Crippen LogP contribution in [0, 0.1) is 13.8 Å². The molecule has 2 amide bonds. The highest BCUT2D eigenvalue weighted by molar-refractivity contribution is 9.10. The first-order chi connectivity index (χ1) is 14.2. The Labute approximate surface area is 187 Å². The number of aryl methyl sites for hydroxylation is 2. The summed E-state index contributed by atoms with van der Waals surface area (Å²) in [7, 11) is 0. The van der Waals surface area contributed by atoms with Gasteiger partial charge in [0.05, 0.1) is 0 Å². The zero-order valence-electron chi connectivity index (χ0n) is 18.4. The molecule has 0 radical (unpaired) electrons. The smallest absolute Gasteiger partial charge is 0.261 e. The van der Waals surface area contributed by atoms with Crippen molar-refractivity contribution in [3.05, 3.63) is 63.6 Å². The van der Waals surface area contributed by atoms with Crippen LogP contribution >= 0.6 is 15.9 Å². The van der Waals surface area contributed by atoms with Gasteiger partial charge in [-0.15, -0.1) is 0 Å². The molecule has 2 atom stereocenters. The first-order valence-electron chi connectivity index (χ1n) is 10.3. The Morgan fingerprint density at radius 3 is 2.33 bits per heavy atom. The number of benzene rings is 2. The van der Waals surface area contributed by atoms with Crippen molar-refractivity contribution in [1.29, 1.82) is 0 Å². The molecule has 30 heavy (non-hydrogen) atoms. The van der Waals surface area contributed by atoms with Crippen LogP contribution in [0.25, 0.3) is 0 Å². The van der Waals surface area contributed by atoms with Crippen LogP contribution in [0.1, 0.15) is 43.9 Å². The van der Waals surface area contributed by atoms with Gasteiger partial charge in [-0.05, 0) is 75.1 Å². The highest BCUT2D eigenvalue weighted by Gasteiger charge is 2.27. The Morgan fingerprint density at radius 2 is 1.73 bits per heavy atom. The summed E-state index contributed by atoms with van der Waals surface area (Å²) in [5, 5.41) is 2.97. The molecule has 0 aliphatic rings. The molecule has 2 aromatic rings. The number of hydrogen-bond acceptors (Lipinski definition) is 3. The summed E-state index contributed by atoms with van der Waals surface area (Å²) in [5.74, 6) is 0.246. The lowest BCUT2D eigenvalue weighted by atomic mass is 10.1. The Bertz CT molecular complexity index is 867. The second-order valence-corrected chi connectivity index (χ2v) is 8.59. The molecular formula is C24H31BrN2O3. The molecule has 5 nitrogen and oxygen atoms in total. The molecule has 0 unspecified atom stereocenters. The molecule has 0 saturated heterocycles. The van der Waals surface area contributed by atoms with Gasteiger partial charge in [0.2, 0.25) is 5.91 Å². The van der Waals surface area contributed by atoms with E-state index in [2.05, 4.69) is 21.2 Å². The molecule has 0 saturated carbocycles. The van der Waals surface area contributed by atoms with Crippen LogP contribution < -0.4 is 10.1 Å². The van der Waals surface area contributed by atoms with Crippen LogP contribution in [0.15, 0.2) is 46.9 Å². The third kappa shape index (κ3) is 6.87. The van der Waals surface area contributed by atoms with Gasteiger partial charge in [-0.2, -0.15) is 0 Å². The topological polar surface area (TPSA) is 58.6 Å². The van der Waals surface area contributed by atoms with Gasteiger partial charge < -0.3 is 15.0 Å². The lowest BCUT2D eigenvalue weighted by Gasteiger charge is -2.29. The maximum Gasteiger partial charge on any atom is 0.261 e. The average molecular weight is 475 g/mol. The molecule has 162 valence electrons. The van der Waals surface area contributed by atoms with Gasteiger partial charge in [0, 0.05) is 17.1 Å². The molecule has 6 heteroatoms. The quantitative estimate of drug-likeness (QED) is 0.568. The summed E-state index contributed by atoms with van der Waals surface area (Å²) in [4.78, 5) is 27.3. The molecule has 0 spiro atoms. The largest absolute Gasteiger partial charge is 0.484 e. The molecule has 0 aliphatic carbocycles. The summed E-state index contributed by atoms with van der Waals surface area (Å²) in [6.07, 6.45) is 0.828. The normalized spacial score (nSPS) is 12.7. The number of carbonyl (C=O) groups excluding carboxylic acids is 2. The van der Waals surface area contributed by atoms with Crippen LogP contribution in [0.5, 0.6) is 5.75 Å². The monoisotopic (exact) mass is 474 g/mol. The van der Waals surface area contributed by atoms with Crippen LogP contribution in [0.3, 0.4) is 0 Å². The zero-order valence-corrected chi connectivity index (χ0v) is 20.0. The van der Waals surface area contributed by atoms with E-state index >= 15 is 0 Å². The minimum atomic E-state index is -0.612. The van der Waals surface area contributed by atoms with Crippen molar-refractivity contribution in [2.75, 3.05) is 6.61 Å². The zero-order chi connectivity index (χ0) is 22.3. The highest BCUT2D eigenvalue weighted by atomic mass is 79.9. The van der Waals surface area contributed by atoms with Crippen LogP contribution in [0.2, 0.25) is 0 Å². The third-order valence-corrected chi connectivity index (χ3v) is 5.80. The first-order valence-corrected chi connectivity index (χ1v) is 11.0. The number of amides is 2. The Balaban J connectivity index is 2.15. The second-order valence-electron chi connectivity index (χ2n) is 7.68. The molecular weight excluding hydrogens is 444 g/mol. The SMILES string of the molecule is CC[C@@H](C)NC(=O)[C@@H](C)N(Cc1ccc(Br)cc1)C(=O)COc1ccc(C)c(C)c1. The number of ether oxygens (including phenoxy) is 1. The van der Waals surface area contributed by atoms with Crippen molar-refractivity contribution in [2.45, 2.75) is 59.7 Å². The maximum atomic E-state index is 13.1. The van der Waals surface area contributed by atoms with E-state index in [1.54, 1.807) is 11.8 Å². The van der Waals surface area contributed by atoms with Gasteiger partial charge in [-0.1, -0.05) is 41.1 Å². The van der Waals surface area contributed by atoms with Crippen molar-refractivity contribution in [1.82, 2.24) is 10.2 Å². The molecule has 0 aliphatic heterocycles. The van der Waals surface area contributed by atoms with Gasteiger partial charge in [0.15, 0.2) is 6.61 Å². The lowest BCUT2D eigenvalue weighted by molar-refractivity contribution is -0.142. The Kier molecular flexibility index (Phi) is 8.90. The average Bonchev–Trinajstić information content (AvgIpc) is 2.73.